The van der Waals surface area contributed by atoms with Gasteiger partial charge in [-0.15, -0.1) is 0 Å². The van der Waals surface area contributed by atoms with E-state index in [0.717, 1.165) is 0 Å². The SMILES string of the molecule is CC(C)N1CCN(C2CC[C@@H]2N)CC1. The molecule has 2 rings (SSSR count). The zero-order valence-electron chi connectivity index (χ0n) is 9.45. The number of hydrogen-bond acceptors (Lipinski definition) is 3. The molecule has 2 fully saturated rings. The van der Waals surface area contributed by atoms with Gasteiger partial charge in [0, 0.05) is 44.3 Å². The van der Waals surface area contributed by atoms with Gasteiger partial charge < -0.3 is 5.73 Å². The van der Waals surface area contributed by atoms with Gasteiger partial charge in [-0.2, -0.15) is 0 Å². The summed E-state index contributed by atoms with van der Waals surface area (Å²) < 4.78 is 0. The first kappa shape index (κ1) is 10.4. The van der Waals surface area contributed by atoms with E-state index in [1.165, 1.54) is 39.0 Å². The van der Waals surface area contributed by atoms with E-state index in [1.54, 1.807) is 0 Å². The Hall–Kier alpha value is -0.120. The molecule has 1 heterocycles. The second-order valence-corrected chi connectivity index (χ2v) is 4.97. The summed E-state index contributed by atoms with van der Waals surface area (Å²) in [4.78, 5) is 5.15. The maximum absolute atomic E-state index is 5.99. The van der Waals surface area contributed by atoms with Crippen LogP contribution in [-0.4, -0.2) is 54.1 Å². The Bertz CT molecular complexity index is 185. The quantitative estimate of drug-likeness (QED) is 0.700. The first-order chi connectivity index (χ1) is 6.68. The van der Waals surface area contributed by atoms with E-state index in [9.17, 15) is 0 Å². The molecule has 82 valence electrons. The first-order valence-corrected chi connectivity index (χ1v) is 5.92. The topological polar surface area (TPSA) is 32.5 Å². The van der Waals surface area contributed by atoms with Crippen molar-refractivity contribution in [3.8, 4) is 0 Å². The van der Waals surface area contributed by atoms with Crippen LogP contribution in [0.1, 0.15) is 26.7 Å². The van der Waals surface area contributed by atoms with Crippen LogP contribution >= 0.6 is 0 Å². The monoisotopic (exact) mass is 197 g/mol. The molecule has 0 bridgehead atoms. The average molecular weight is 197 g/mol. The van der Waals surface area contributed by atoms with Crippen molar-refractivity contribution in [1.82, 2.24) is 9.80 Å². The van der Waals surface area contributed by atoms with Crippen molar-refractivity contribution in [3.63, 3.8) is 0 Å². The number of hydrogen-bond donors (Lipinski definition) is 1. The van der Waals surface area contributed by atoms with Crippen molar-refractivity contribution in [2.75, 3.05) is 26.2 Å². The Morgan fingerprint density at radius 1 is 1.07 bits per heavy atom. The van der Waals surface area contributed by atoms with Crippen LogP contribution in [0.5, 0.6) is 0 Å². The molecule has 0 aromatic carbocycles. The fraction of sp³-hybridized carbons (Fsp3) is 1.00. The summed E-state index contributed by atoms with van der Waals surface area (Å²) in [5.74, 6) is 0. The maximum atomic E-state index is 5.99. The first-order valence-electron chi connectivity index (χ1n) is 5.92. The molecule has 0 aromatic heterocycles. The van der Waals surface area contributed by atoms with Crippen LogP contribution in [0.3, 0.4) is 0 Å². The van der Waals surface area contributed by atoms with E-state index in [-0.39, 0.29) is 0 Å². The van der Waals surface area contributed by atoms with Crippen LogP contribution in [0.4, 0.5) is 0 Å². The van der Waals surface area contributed by atoms with Gasteiger partial charge in [-0.05, 0) is 26.7 Å². The Labute approximate surface area is 87.2 Å². The maximum Gasteiger partial charge on any atom is 0.0248 e. The van der Waals surface area contributed by atoms with Crippen molar-refractivity contribution in [3.05, 3.63) is 0 Å². The molecule has 0 spiro atoms. The minimum absolute atomic E-state index is 0.459. The fourth-order valence-electron chi connectivity index (χ4n) is 2.55. The molecule has 2 N–H and O–H groups in total. The van der Waals surface area contributed by atoms with Gasteiger partial charge in [-0.3, -0.25) is 9.80 Å². The number of rotatable bonds is 2. The average Bonchev–Trinajstić information content (AvgIpc) is 2.16. The van der Waals surface area contributed by atoms with Crippen molar-refractivity contribution in [2.45, 2.75) is 44.8 Å². The molecule has 1 saturated heterocycles. The largest absolute Gasteiger partial charge is 0.326 e. The second-order valence-electron chi connectivity index (χ2n) is 4.97. The van der Waals surface area contributed by atoms with Gasteiger partial charge in [-0.1, -0.05) is 0 Å². The van der Waals surface area contributed by atoms with Crippen molar-refractivity contribution in [2.24, 2.45) is 5.73 Å². The van der Waals surface area contributed by atoms with Crippen LogP contribution in [0.25, 0.3) is 0 Å². The van der Waals surface area contributed by atoms with Gasteiger partial charge in [0.1, 0.15) is 0 Å². The highest BCUT2D eigenvalue weighted by Gasteiger charge is 2.34. The molecule has 3 heteroatoms. The van der Waals surface area contributed by atoms with E-state index < -0.39 is 0 Å². The molecule has 14 heavy (non-hydrogen) atoms. The molecule has 2 aliphatic rings. The Morgan fingerprint density at radius 3 is 2.07 bits per heavy atom. The molecule has 1 unspecified atom stereocenters. The van der Waals surface area contributed by atoms with Crippen molar-refractivity contribution < 1.29 is 0 Å². The van der Waals surface area contributed by atoms with E-state index in [2.05, 4.69) is 23.6 Å². The molecule has 0 radical (unpaired) electrons. The van der Waals surface area contributed by atoms with Crippen LogP contribution in [0.2, 0.25) is 0 Å². The molecular weight excluding hydrogens is 174 g/mol. The lowest BCUT2D eigenvalue weighted by Gasteiger charge is -2.47. The molecule has 3 nitrogen and oxygen atoms in total. The second kappa shape index (κ2) is 4.17. The summed E-state index contributed by atoms with van der Waals surface area (Å²) in [6.07, 6.45) is 2.55. The normalized spacial score (nSPS) is 36.0. The molecule has 2 atom stereocenters. The molecule has 1 aliphatic carbocycles. The molecule has 0 amide bonds. The molecule has 1 saturated carbocycles. The summed E-state index contributed by atoms with van der Waals surface area (Å²) in [5.41, 5.74) is 5.99. The van der Waals surface area contributed by atoms with Crippen molar-refractivity contribution >= 4 is 0 Å². The van der Waals surface area contributed by atoms with Gasteiger partial charge in [0.05, 0.1) is 0 Å². The zero-order valence-corrected chi connectivity index (χ0v) is 9.45. The van der Waals surface area contributed by atoms with E-state index in [1.807, 2.05) is 0 Å². The lowest BCUT2D eigenvalue weighted by Crippen LogP contribution is -2.60. The van der Waals surface area contributed by atoms with E-state index in [0.29, 0.717) is 18.1 Å². The standard InChI is InChI=1S/C11H23N3/c1-9(2)13-5-7-14(8-6-13)11-4-3-10(11)12/h9-11H,3-8,12H2,1-2H3/t10-,11?/m0/s1. The number of nitrogens with two attached hydrogens (primary N) is 1. The van der Waals surface area contributed by atoms with Gasteiger partial charge >= 0.3 is 0 Å². The fourth-order valence-corrected chi connectivity index (χ4v) is 2.55. The van der Waals surface area contributed by atoms with Crippen molar-refractivity contribution in [1.29, 1.82) is 0 Å². The summed E-state index contributed by atoms with van der Waals surface area (Å²) >= 11 is 0. The highest BCUT2D eigenvalue weighted by atomic mass is 15.3. The highest BCUT2D eigenvalue weighted by Crippen LogP contribution is 2.24. The lowest BCUT2D eigenvalue weighted by molar-refractivity contribution is 0.0379. The van der Waals surface area contributed by atoms with Crippen LogP contribution < -0.4 is 5.73 Å². The van der Waals surface area contributed by atoms with Gasteiger partial charge in [0.15, 0.2) is 0 Å². The zero-order chi connectivity index (χ0) is 10.1. The smallest absolute Gasteiger partial charge is 0.0248 e. The van der Waals surface area contributed by atoms with Crippen LogP contribution in [-0.2, 0) is 0 Å². The third-order valence-electron chi connectivity index (χ3n) is 3.84. The van der Waals surface area contributed by atoms with Gasteiger partial charge in [0.25, 0.3) is 0 Å². The summed E-state index contributed by atoms with van der Waals surface area (Å²) in [5, 5.41) is 0. The van der Waals surface area contributed by atoms with Crippen LogP contribution in [0.15, 0.2) is 0 Å². The molecule has 1 aliphatic heterocycles. The summed E-state index contributed by atoms with van der Waals surface area (Å²) in [6, 6.07) is 1.86. The molecule has 0 aromatic rings. The Balaban J connectivity index is 1.78. The third kappa shape index (κ3) is 1.95. The van der Waals surface area contributed by atoms with Crippen LogP contribution in [0, 0.1) is 0 Å². The minimum Gasteiger partial charge on any atom is -0.326 e. The van der Waals surface area contributed by atoms with E-state index in [4.69, 9.17) is 5.73 Å². The van der Waals surface area contributed by atoms with Gasteiger partial charge in [-0.25, -0.2) is 0 Å². The third-order valence-corrected chi connectivity index (χ3v) is 3.84. The van der Waals surface area contributed by atoms with Gasteiger partial charge in [0.2, 0.25) is 0 Å². The highest BCUT2D eigenvalue weighted by molar-refractivity contribution is 4.93. The number of nitrogens with zero attached hydrogens (tertiary/aromatic N) is 2. The lowest BCUT2D eigenvalue weighted by atomic mass is 9.85. The molecular formula is C11H23N3. The summed E-state index contributed by atoms with van der Waals surface area (Å²) in [6.45, 7) is 9.45. The van der Waals surface area contributed by atoms with E-state index >= 15 is 0 Å². The number of piperazine rings is 1. The predicted molar refractivity (Wildman–Crippen MR) is 59.3 cm³/mol. The predicted octanol–water partition coefficient (Wildman–Crippen LogP) is 0.502. The minimum atomic E-state index is 0.459. The Morgan fingerprint density at radius 2 is 1.71 bits per heavy atom. The Kier molecular flexibility index (Phi) is 3.10. The summed E-state index contributed by atoms with van der Waals surface area (Å²) in [7, 11) is 0.